The van der Waals surface area contributed by atoms with Crippen LogP contribution in [0.5, 0.6) is 5.75 Å². The summed E-state index contributed by atoms with van der Waals surface area (Å²) in [4.78, 5) is 25.5. The van der Waals surface area contributed by atoms with Crippen LogP contribution in [0, 0.1) is 0 Å². The second-order valence-corrected chi connectivity index (χ2v) is 6.94. The average molecular weight is 455 g/mol. The SMILES string of the molecule is COc1ccccc1C(=O)N/C(=C/c1ccc(Br)cc1)C(=O)NCc1ccco1. The van der Waals surface area contributed by atoms with Crippen LogP contribution in [0.4, 0.5) is 0 Å². The molecule has 0 radical (unpaired) electrons. The highest BCUT2D eigenvalue weighted by atomic mass is 79.9. The maximum absolute atomic E-state index is 12.8. The molecule has 0 spiro atoms. The van der Waals surface area contributed by atoms with Crippen molar-refractivity contribution >= 4 is 33.8 Å². The molecule has 29 heavy (non-hydrogen) atoms. The molecular weight excluding hydrogens is 436 g/mol. The molecule has 0 atom stereocenters. The number of rotatable bonds is 7. The number of halogens is 1. The average Bonchev–Trinajstić information content (AvgIpc) is 3.26. The van der Waals surface area contributed by atoms with E-state index in [1.807, 2.05) is 24.3 Å². The summed E-state index contributed by atoms with van der Waals surface area (Å²) in [5.41, 5.74) is 1.20. The molecule has 0 saturated carbocycles. The van der Waals surface area contributed by atoms with Crippen molar-refractivity contribution in [2.75, 3.05) is 7.11 Å². The van der Waals surface area contributed by atoms with Gasteiger partial charge in [0, 0.05) is 4.47 Å². The summed E-state index contributed by atoms with van der Waals surface area (Å²) in [7, 11) is 1.49. The van der Waals surface area contributed by atoms with Gasteiger partial charge in [0.2, 0.25) is 0 Å². The first kappa shape index (κ1) is 20.4. The molecule has 3 rings (SSSR count). The molecule has 0 saturated heterocycles. The molecular formula is C22H19BrN2O4. The third-order valence-corrected chi connectivity index (χ3v) is 4.56. The Hall–Kier alpha value is -3.32. The molecule has 1 heterocycles. The maximum Gasteiger partial charge on any atom is 0.268 e. The number of carbonyl (C=O) groups is 2. The topological polar surface area (TPSA) is 80.6 Å². The Bertz CT molecular complexity index is 1010. The van der Waals surface area contributed by atoms with Crippen LogP contribution >= 0.6 is 15.9 Å². The standard InChI is InChI=1S/C22H19BrN2O4/c1-28-20-7-3-2-6-18(20)21(26)25-19(13-15-8-10-16(23)11-9-15)22(27)24-14-17-5-4-12-29-17/h2-13H,14H2,1H3,(H,24,27)(H,25,26)/b19-13+. The summed E-state index contributed by atoms with van der Waals surface area (Å²) in [6, 6.07) is 17.7. The van der Waals surface area contributed by atoms with E-state index in [4.69, 9.17) is 9.15 Å². The van der Waals surface area contributed by atoms with Crippen molar-refractivity contribution < 1.29 is 18.7 Å². The van der Waals surface area contributed by atoms with Crippen molar-refractivity contribution in [2.24, 2.45) is 0 Å². The summed E-state index contributed by atoms with van der Waals surface area (Å²) in [5, 5.41) is 5.43. The Balaban J connectivity index is 1.84. The molecule has 148 valence electrons. The largest absolute Gasteiger partial charge is 0.496 e. The fourth-order valence-corrected chi connectivity index (χ4v) is 2.85. The first-order valence-corrected chi connectivity index (χ1v) is 9.58. The van der Waals surface area contributed by atoms with E-state index in [1.54, 1.807) is 42.5 Å². The molecule has 0 aliphatic carbocycles. The number of amides is 2. The highest BCUT2D eigenvalue weighted by molar-refractivity contribution is 9.10. The number of hydrogen-bond acceptors (Lipinski definition) is 4. The molecule has 0 aliphatic heterocycles. The third kappa shape index (κ3) is 5.58. The molecule has 7 heteroatoms. The smallest absolute Gasteiger partial charge is 0.268 e. The summed E-state index contributed by atoms with van der Waals surface area (Å²) in [6.07, 6.45) is 3.14. The predicted molar refractivity (Wildman–Crippen MR) is 113 cm³/mol. The van der Waals surface area contributed by atoms with Crippen LogP contribution in [0.2, 0.25) is 0 Å². The molecule has 2 amide bonds. The number of methoxy groups -OCH3 is 1. The molecule has 0 bridgehead atoms. The highest BCUT2D eigenvalue weighted by Gasteiger charge is 2.17. The van der Waals surface area contributed by atoms with E-state index in [0.29, 0.717) is 17.1 Å². The number of ether oxygens (including phenoxy) is 1. The molecule has 3 aromatic rings. The van der Waals surface area contributed by atoms with Crippen LogP contribution in [-0.2, 0) is 11.3 Å². The van der Waals surface area contributed by atoms with Crippen LogP contribution in [0.15, 0.2) is 81.5 Å². The minimum Gasteiger partial charge on any atom is -0.496 e. The van der Waals surface area contributed by atoms with E-state index >= 15 is 0 Å². The fourth-order valence-electron chi connectivity index (χ4n) is 2.58. The molecule has 6 nitrogen and oxygen atoms in total. The quantitative estimate of drug-likeness (QED) is 0.525. The lowest BCUT2D eigenvalue weighted by molar-refractivity contribution is -0.118. The van der Waals surface area contributed by atoms with E-state index in [1.165, 1.54) is 13.4 Å². The van der Waals surface area contributed by atoms with Crippen molar-refractivity contribution in [1.82, 2.24) is 10.6 Å². The number of carbonyl (C=O) groups excluding carboxylic acids is 2. The summed E-state index contributed by atoms with van der Waals surface area (Å²) in [5.74, 6) is 0.146. The zero-order valence-electron chi connectivity index (χ0n) is 15.6. The van der Waals surface area contributed by atoms with E-state index in [0.717, 1.165) is 10.0 Å². The van der Waals surface area contributed by atoms with Gasteiger partial charge in [-0.1, -0.05) is 40.2 Å². The van der Waals surface area contributed by atoms with E-state index < -0.39 is 11.8 Å². The maximum atomic E-state index is 12.8. The molecule has 2 aromatic carbocycles. The van der Waals surface area contributed by atoms with Gasteiger partial charge in [-0.05, 0) is 48.0 Å². The minimum absolute atomic E-state index is 0.106. The number of benzene rings is 2. The van der Waals surface area contributed by atoms with Gasteiger partial charge in [-0.25, -0.2) is 0 Å². The van der Waals surface area contributed by atoms with Crippen molar-refractivity contribution in [3.8, 4) is 5.75 Å². The van der Waals surface area contributed by atoms with Gasteiger partial charge in [0.15, 0.2) is 0 Å². The van der Waals surface area contributed by atoms with E-state index in [2.05, 4.69) is 26.6 Å². The van der Waals surface area contributed by atoms with Gasteiger partial charge >= 0.3 is 0 Å². The molecule has 0 unspecified atom stereocenters. The molecule has 2 N–H and O–H groups in total. The first-order chi connectivity index (χ1) is 14.1. The van der Waals surface area contributed by atoms with Gasteiger partial charge in [-0.15, -0.1) is 0 Å². The summed E-state index contributed by atoms with van der Waals surface area (Å²) >= 11 is 3.38. The van der Waals surface area contributed by atoms with Gasteiger partial charge < -0.3 is 19.8 Å². The molecule has 0 aliphatic rings. The van der Waals surface area contributed by atoms with Crippen molar-refractivity contribution in [3.05, 3.63) is 94.0 Å². The van der Waals surface area contributed by atoms with Crippen LogP contribution in [0.25, 0.3) is 6.08 Å². The second-order valence-electron chi connectivity index (χ2n) is 6.03. The van der Waals surface area contributed by atoms with E-state index in [9.17, 15) is 9.59 Å². The lowest BCUT2D eigenvalue weighted by Crippen LogP contribution is -2.34. The fraction of sp³-hybridized carbons (Fsp3) is 0.0909. The van der Waals surface area contributed by atoms with Crippen LogP contribution < -0.4 is 15.4 Å². The Morgan fingerprint density at radius 3 is 2.52 bits per heavy atom. The van der Waals surface area contributed by atoms with Crippen LogP contribution in [0.3, 0.4) is 0 Å². The second kappa shape index (κ2) is 9.75. The van der Waals surface area contributed by atoms with Gasteiger partial charge in [0.05, 0.1) is 25.5 Å². The van der Waals surface area contributed by atoms with Gasteiger partial charge in [-0.2, -0.15) is 0 Å². The Labute approximate surface area is 176 Å². The van der Waals surface area contributed by atoms with Crippen molar-refractivity contribution in [3.63, 3.8) is 0 Å². The molecule has 0 fully saturated rings. The summed E-state index contributed by atoms with van der Waals surface area (Å²) in [6.45, 7) is 0.202. The Morgan fingerprint density at radius 2 is 1.83 bits per heavy atom. The number of hydrogen-bond donors (Lipinski definition) is 2. The van der Waals surface area contributed by atoms with Crippen molar-refractivity contribution in [2.45, 2.75) is 6.54 Å². The molecule has 1 aromatic heterocycles. The minimum atomic E-state index is -0.445. The lowest BCUT2D eigenvalue weighted by atomic mass is 10.1. The first-order valence-electron chi connectivity index (χ1n) is 8.79. The Morgan fingerprint density at radius 1 is 1.07 bits per heavy atom. The van der Waals surface area contributed by atoms with Gasteiger partial charge in [-0.3, -0.25) is 9.59 Å². The van der Waals surface area contributed by atoms with Crippen LogP contribution in [-0.4, -0.2) is 18.9 Å². The number of nitrogens with one attached hydrogen (secondary N) is 2. The summed E-state index contributed by atoms with van der Waals surface area (Å²) < 4.78 is 11.4. The number of para-hydroxylation sites is 1. The zero-order valence-corrected chi connectivity index (χ0v) is 17.2. The zero-order chi connectivity index (χ0) is 20.6. The normalized spacial score (nSPS) is 11.0. The third-order valence-electron chi connectivity index (χ3n) is 4.03. The highest BCUT2D eigenvalue weighted by Crippen LogP contribution is 2.18. The van der Waals surface area contributed by atoms with Gasteiger partial charge in [0.1, 0.15) is 17.2 Å². The Kier molecular flexibility index (Phi) is 6.86. The van der Waals surface area contributed by atoms with Crippen LogP contribution in [0.1, 0.15) is 21.7 Å². The van der Waals surface area contributed by atoms with E-state index in [-0.39, 0.29) is 12.2 Å². The number of furan rings is 1. The van der Waals surface area contributed by atoms with Gasteiger partial charge in [0.25, 0.3) is 11.8 Å². The predicted octanol–water partition coefficient (Wildman–Crippen LogP) is 4.14. The lowest BCUT2D eigenvalue weighted by Gasteiger charge is -2.12. The van der Waals surface area contributed by atoms with Crippen molar-refractivity contribution in [1.29, 1.82) is 0 Å². The monoisotopic (exact) mass is 454 g/mol.